The predicted molar refractivity (Wildman–Crippen MR) is 134 cm³/mol. The maximum absolute atomic E-state index is 12.5. The molecule has 0 spiro atoms. The van der Waals surface area contributed by atoms with Gasteiger partial charge in [-0.3, -0.25) is 0 Å². The van der Waals surface area contributed by atoms with Crippen LogP contribution in [0.3, 0.4) is 0 Å². The summed E-state index contributed by atoms with van der Waals surface area (Å²) in [5.41, 5.74) is 10.7. The Morgan fingerprint density at radius 1 is 1.13 bits per heavy atom. The molecule has 0 atom stereocenters. The third kappa shape index (κ3) is 5.73. The van der Waals surface area contributed by atoms with E-state index in [2.05, 4.69) is 16.4 Å². The normalized spacial score (nSPS) is 14.4. The molecule has 0 aliphatic heterocycles. The Morgan fingerprint density at radius 2 is 1.80 bits per heavy atom. The van der Waals surface area contributed by atoms with E-state index in [1.807, 2.05) is 26.0 Å². The smallest absolute Gasteiger partial charge is 0.243 e. The summed E-state index contributed by atoms with van der Waals surface area (Å²) >= 11 is 0. The standard InChI is InChI=1S/C22H30N4O2S.HI/c1-16(2)26(3)29(27,28)19-13-11-17(12-14-19)15-24-22(23)25-21-10-6-8-18-7-4-5-9-20(18)21;/h6,8,10-14,16H,4-5,7,9,15H2,1-3H3,(H3,23,24,25);1H. The van der Waals surface area contributed by atoms with Gasteiger partial charge in [0, 0.05) is 18.8 Å². The van der Waals surface area contributed by atoms with Crippen molar-refractivity contribution in [2.75, 3.05) is 12.4 Å². The number of guanidine groups is 1. The van der Waals surface area contributed by atoms with E-state index in [-0.39, 0.29) is 34.9 Å². The Labute approximate surface area is 197 Å². The van der Waals surface area contributed by atoms with Gasteiger partial charge in [0.1, 0.15) is 0 Å². The Balaban J connectivity index is 0.00000320. The molecule has 0 saturated carbocycles. The SMILES string of the molecule is CC(C)N(C)S(=O)(=O)c1ccc(CN=C(N)Nc2cccc3c2CCCC3)cc1.I. The summed E-state index contributed by atoms with van der Waals surface area (Å²) in [6.45, 7) is 4.08. The molecule has 0 heterocycles. The van der Waals surface area contributed by atoms with E-state index in [1.54, 1.807) is 31.3 Å². The summed E-state index contributed by atoms with van der Waals surface area (Å²) in [4.78, 5) is 4.70. The van der Waals surface area contributed by atoms with Crippen LogP contribution in [0.4, 0.5) is 5.69 Å². The Kier molecular flexibility index (Phi) is 8.69. The van der Waals surface area contributed by atoms with Crippen molar-refractivity contribution < 1.29 is 8.42 Å². The average molecular weight is 542 g/mol. The molecule has 3 rings (SSSR count). The number of benzene rings is 2. The molecule has 1 aliphatic rings. The molecule has 0 aromatic heterocycles. The second kappa shape index (κ2) is 10.6. The summed E-state index contributed by atoms with van der Waals surface area (Å²) in [6.07, 6.45) is 4.61. The molecule has 164 valence electrons. The summed E-state index contributed by atoms with van der Waals surface area (Å²) in [5.74, 6) is 0.361. The molecule has 2 aromatic rings. The van der Waals surface area contributed by atoms with E-state index in [0.717, 1.165) is 24.1 Å². The van der Waals surface area contributed by atoms with Gasteiger partial charge in [-0.15, -0.1) is 24.0 Å². The zero-order chi connectivity index (χ0) is 21.0. The van der Waals surface area contributed by atoms with Crippen LogP contribution in [-0.2, 0) is 29.4 Å². The van der Waals surface area contributed by atoms with Crippen molar-refractivity contribution in [2.45, 2.75) is 57.0 Å². The second-order valence-electron chi connectivity index (χ2n) is 7.74. The maximum atomic E-state index is 12.5. The predicted octanol–water partition coefficient (Wildman–Crippen LogP) is 4.14. The number of nitrogens with one attached hydrogen (secondary N) is 1. The number of hydrogen-bond acceptors (Lipinski definition) is 3. The molecule has 0 fully saturated rings. The lowest BCUT2D eigenvalue weighted by molar-refractivity contribution is 0.410. The van der Waals surface area contributed by atoms with Gasteiger partial charge in [0.25, 0.3) is 0 Å². The van der Waals surface area contributed by atoms with Gasteiger partial charge in [0.05, 0.1) is 11.4 Å². The van der Waals surface area contributed by atoms with Crippen molar-refractivity contribution in [3.05, 3.63) is 59.2 Å². The van der Waals surface area contributed by atoms with Crippen molar-refractivity contribution in [2.24, 2.45) is 10.7 Å². The van der Waals surface area contributed by atoms with E-state index in [4.69, 9.17) is 5.73 Å². The number of hydrogen-bond donors (Lipinski definition) is 2. The van der Waals surface area contributed by atoms with E-state index in [1.165, 1.54) is 28.3 Å². The highest BCUT2D eigenvalue weighted by Gasteiger charge is 2.22. The molecule has 30 heavy (non-hydrogen) atoms. The minimum absolute atomic E-state index is 0. The molecule has 2 aromatic carbocycles. The van der Waals surface area contributed by atoms with Crippen LogP contribution >= 0.6 is 24.0 Å². The van der Waals surface area contributed by atoms with Crippen LogP contribution in [0.1, 0.15) is 43.4 Å². The highest BCUT2D eigenvalue weighted by Crippen LogP contribution is 2.27. The van der Waals surface area contributed by atoms with Gasteiger partial charge in [0.2, 0.25) is 10.0 Å². The maximum Gasteiger partial charge on any atom is 0.243 e. The summed E-state index contributed by atoms with van der Waals surface area (Å²) < 4.78 is 26.4. The first kappa shape index (κ1) is 24.6. The fourth-order valence-corrected chi connectivity index (χ4v) is 4.83. The van der Waals surface area contributed by atoms with E-state index >= 15 is 0 Å². The van der Waals surface area contributed by atoms with Crippen molar-refractivity contribution in [3.63, 3.8) is 0 Å². The van der Waals surface area contributed by atoms with E-state index < -0.39 is 10.0 Å². The number of halogens is 1. The number of fused-ring (bicyclic) bond motifs is 1. The number of nitrogens with zero attached hydrogens (tertiary/aromatic N) is 2. The fourth-order valence-electron chi connectivity index (χ4n) is 3.46. The molecule has 0 saturated heterocycles. The minimum Gasteiger partial charge on any atom is -0.370 e. The van der Waals surface area contributed by atoms with Crippen molar-refractivity contribution in [1.82, 2.24) is 4.31 Å². The molecule has 6 nitrogen and oxygen atoms in total. The molecule has 0 radical (unpaired) electrons. The highest BCUT2D eigenvalue weighted by molar-refractivity contribution is 14.0. The molecule has 8 heteroatoms. The van der Waals surface area contributed by atoms with Crippen LogP contribution in [0.15, 0.2) is 52.4 Å². The molecule has 1 aliphatic carbocycles. The first-order chi connectivity index (χ1) is 13.8. The molecular weight excluding hydrogens is 511 g/mol. The molecule has 3 N–H and O–H groups in total. The third-order valence-corrected chi connectivity index (χ3v) is 7.47. The van der Waals surface area contributed by atoms with Gasteiger partial charge in [-0.1, -0.05) is 24.3 Å². The molecule has 0 bridgehead atoms. The number of sulfonamides is 1. The van der Waals surface area contributed by atoms with Crippen LogP contribution < -0.4 is 11.1 Å². The Bertz CT molecular complexity index is 989. The van der Waals surface area contributed by atoms with E-state index in [0.29, 0.717) is 12.5 Å². The largest absolute Gasteiger partial charge is 0.370 e. The summed E-state index contributed by atoms with van der Waals surface area (Å²) in [5, 5.41) is 3.23. The zero-order valence-corrected chi connectivity index (χ0v) is 20.9. The number of aliphatic imine (C=N–C) groups is 1. The van der Waals surface area contributed by atoms with Crippen molar-refractivity contribution in [1.29, 1.82) is 0 Å². The van der Waals surface area contributed by atoms with Gasteiger partial charge in [-0.25, -0.2) is 13.4 Å². The lowest BCUT2D eigenvalue weighted by atomic mass is 9.90. The van der Waals surface area contributed by atoms with Gasteiger partial charge < -0.3 is 11.1 Å². The first-order valence-corrected chi connectivity index (χ1v) is 11.5. The van der Waals surface area contributed by atoms with Crippen LogP contribution in [0.25, 0.3) is 0 Å². The topological polar surface area (TPSA) is 87.8 Å². The molecule has 0 unspecified atom stereocenters. The number of aryl methyl sites for hydroxylation is 1. The first-order valence-electron chi connectivity index (χ1n) is 10.0. The van der Waals surface area contributed by atoms with Gasteiger partial charge >= 0.3 is 0 Å². The number of anilines is 1. The van der Waals surface area contributed by atoms with Gasteiger partial charge in [-0.2, -0.15) is 4.31 Å². The van der Waals surface area contributed by atoms with Crippen LogP contribution in [0.5, 0.6) is 0 Å². The quantitative estimate of drug-likeness (QED) is 0.327. The van der Waals surface area contributed by atoms with E-state index in [9.17, 15) is 8.42 Å². The van der Waals surface area contributed by atoms with Crippen molar-refractivity contribution >= 4 is 45.6 Å². The average Bonchev–Trinajstić information content (AvgIpc) is 2.72. The van der Waals surface area contributed by atoms with Crippen molar-refractivity contribution in [3.8, 4) is 0 Å². The minimum atomic E-state index is -3.48. The Hall–Kier alpha value is -1.65. The summed E-state index contributed by atoms with van der Waals surface area (Å²) in [7, 11) is -1.89. The Morgan fingerprint density at radius 3 is 2.47 bits per heavy atom. The highest BCUT2D eigenvalue weighted by atomic mass is 127. The van der Waals surface area contributed by atoms with Crippen LogP contribution in [0, 0.1) is 0 Å². The second-order valence-corrected chi connectivity index (χ2v) is 9.73. The molecule has 0 amide bonds. The lowest BCUT2D eigenvalue weighted by Gasteiger charge is -2.21. The van der Waals surface area contributed by atoms with Crippen LogP contribution in [-0.4, -0.2) is 31.8 Å². The number of nitrogens with two attached hydrogens (primary N) is 1. The zero-order valence-electron chi connectivity index (χ0n) is 17.8. The number of rotatable bonds is 6. The van der Waals surface area contributed by atoms with Gasteiger partial charge in [0.15, 0.2) is 5.96 Å². The van der Waals surface area contributed by atoms with Gasteiger partial charge in [-0.05, 0) is 74.4 Å². The molecular formula is C22H31IN4O2S. The fraction of sp³-hybridized carbons (Fsp3) is 0.409. The lowest BCUT2D eigenvalue weighted by Crippen LogP contribution is -2.33. The monoisotopic (exact) mass is 542 g/mol. The van der Waals surface area contributed by atoms with Crippen LogP contribution in [0.2, 0.25) is 0 Å². The summed E-state index contributed by atoms with van der Waals surface area (Å²) in [6, 6.07) is 13.0. The third-order valence-electron chi connectivity index (χ3n) is 5.42.